The van der Waals surface area contributed by atoms with Gasteiger partial charge in [-0.25, -0.2) is 4.98 Å². The van der Waals surface area contributed by atoms with Crippen LogP contribution in [0.3, 0.4) is 0 Å². The Morgan fingerprint density at radius 1 is 1.00 bits per heavy atom. The molecule has 0 atom stereocenters. The number of nitrogens with zero attached hydrogens (tertiary/aromatic N) is 4. The highest BCUT2D eigenvalue weighted by molar-refractivity contribution is 7.22. The van der Waals surface area contributed by atoms with Gasteiger partial charge >= 0.3 is 0 Å². The summed E-state index contributed by atoms with van der Waals surface area (Å²) in [5, 5.41) is 0.571. The minimum Gasteiger partial charge on any atom is -0.278 e. The summed E-state index contributed by atoms with van der Waals surface area (Å²) in [4.78, 5) is 50.2. The first kappa shape index (κ1) is 21.9. The molecule has 1 aliphatic heterocycles. The van der Waals surface area contributed by atoms with Gasteiger partial charge in [0.1, 0.15) is 0 Å². The molecule has 0 aliphatic carbocycles. The molecule has 34 heavy (non-hydrogen) atoms. The normalized spacial score (nSPS) is 13.6. The van der Waals surface area contributed by atoms with Crippen LogP contribution in [0.15, 0.2) is 60.8 Å². The minimum atomic E-state index is -0.277. The largest absolute Gasteiger partial charge is 0.278 e. The molecule has 0 N–H and O–H groups in total. The molecule has 1 saturated heterocycles. The van der Waals surface area contributed by atoms with Gasteiger partial charge in [-0.05, 0) is 55.3 Å². The van der Waals surface area contributed by atoms with Crippen molar-refractivity contribution in [2.45, 2.75) is 33.2 Å². The topological polar surface area (TPSA) is 83.5 Å². The summed E-state index contributed by atoms with van der Waals surface area (Å²) in [5.41, 5.74) is 4.52. The second-order valence-corrected chi connectivity index (χ2v) is 9.24. The van der Waals surface area contributed by atoms with E-state index in [1.165, 1.54) is 11.3 Å². The summed E-state index contributed by atoms with van der Waals surface area (Å²) in [7, 11) is 0. The molecule has 2 aromatic carbocycles. The summed E-state index contributed by atoms with van der Waals surface area (Å²) < 4.78 is 1.04. The van der Waals surface area contributed by atoms with Gasteiger partial charge in [0.15, 0.2) is 5.13 Å². The number of aromatic nitrogens is 2. The van der Waals surface area contributed by atoms with Gasteiger partial charge in [-0.1, -0.05) is 35.6 Å². The highest BCUT2D eigenvalue weighted by Crippen LogP contribution is 2.34. The van der Waals surface area contributed by atoms with Crippen LogP contribution in [0.2, 0.25) is 0 Å². The highest BCUT2D eigenvalue weighted by Gasteiger charge is 2.31. The van der Waals surface area contributed by atoms with E-state index in [9.17, 15) is 14.4 Å². The van der Waals surface area contributed by atoms with E-state index in [0.29, 0.717) is 16.4 Å². The van der Waals surface area contributed by atoms with E-state index >= 15 is 0 Å². The van der Waals surface area contributed by atoms with Crippen molar-refractivity contribution in [3.63, 3.8) is 0 Å². The number of thiazole rings is 1. The van der Waals surface area contributed by atoms with Crippen LogP contribution < -0.4 is 9.80 Å². The Morgan fingerprint density at radius 3 is 2.47 bits per heavy atom. The Balaban J connectivity index is 1.57. The smallest absolute Gasteiger partial charge is 0.260 e. The fourth-order valence-corrected chi connectivity index (χ4v) is 5.15. The monoisotopic (exact) mass is 470 g/mol. The molecule has 3 heterocycles. The van der Waals surface area contributed by atoms with Crippen molar-refractivity contribution < 1.29 is 14.4 Å². The zero-order chi connectivity index (χ0) is 23.8. The fourth-order valence-electron chi connectivity index (χ4n) is 4.04. The Morgan fingerprint density at radius 2 is 1.76 bits per heavy atom. The van der Waals surface area contributed by atoms with Gasteiger partial charge in [0, 0.05) is 24.6 Å². The molecule has 1 aliphatic rings. The Hall–Kier alpha value is -3.91. The number of pyridine rings is 1. The van der Waals surface area contributed by atoms with E-state index < -0.39 is 0 Å². The third-order valence-corrected chi connectivity index (χ3v) is 7.07. The summed E-state index contributed by atoms with van der Waals surface area (Å²) in [6, 6.07) is 16.3. The highest BCUT2D eigenvalue weighted by atomic mass is 32.1. The van der Waals surface area contributed by atoms with Crippen molar-refractivity contribution in [2.75, 3.05) is 9.80 Å². The second kappa shape index (κ2) is 8.79. The summed E-state index contributed by atoms with van der Waals surface area (Å²) >= 11 is 1.47. The molecule has 2 aromatic heterocycles. The van der Waals surface area contributed by atoms with Crippen molar-refractivity contribution in [1.82, 2.24) is 9.97 Å². The summed E-state index contributed by atoms with van der Waals surface area (Å²) in [6.45, 7) is 4.27. The molecule has 0 unspecified atom stereocenters. The maximum absolute atomic E-state index is 13.8. The number of benzene rings is 2. The predicted octanol–water partition coefficient (Wildman–Crippen LogP) is 4.81. The van der Waals surface area contributed by atoms with Crippen molar-refractivity contribution >= 4 is 50.1 Å². The number of imide groups is 1. The summed E-state index contributed by atoms with van der Waals surface area (Å²) in [6.07, 6.45) is 2.07. The fraction of sp³-hybridized carbons (Fsp3) is 0.192. The number of fused-ring (bicyclic) bond motifs is 1. The van der Waals surface area contributed by atoms with Crippen LogP contribution in [-0.4, -0.2) is 27.7 Å². The first-order valence-electron chi connectivity index (χ1n) is 11.0. The number of carbonyl (C=O) groups excluding carboxylic acids is 3. The lowest BCUT2D eigenvalue weighted by molar-refractivity contribution is -0.121. The van der Waals surface area contributed by atoms with Crippen LogP contribution in [-0.2, 0) is 16.1 Å². The maximum atomic E-state index is 13.8. The van der Waals surface area contributed by atoms with Crippen LogP contribution >= 0.6 is 11.3 Å². The zero-order valence-electron chi connectivity index (χ0n) is 18.8. The summed E-state index contributed by atoms with van der Waals surface area (Å²) in [5.74, 6) is -0.782. The molecular formula is C26H22N4O3S. The third-order valence-electron chi connectivity index (χ3n) is 5.86. The van der Waals surface area contributed by atoms with Crippen molar-refractivity contribution in [3.8, 4) is 0 Å². The molecule has 7 nitrogen and oxygen atoms in total. The van der Waals surface area contributed by atoms with Gasteiger partial charge in [-0.15, -0.1) is 0 Å². The molecule has 4 aromatic rings. The average Bonchev–Trinajstić information content (AvgIpc) is 3.44. The van der Waals surface area contributed by atoms with E-state index in [2.05, 4.69) is 11.1 Å². The molecule has 170 valence electrons. The first-order valence-corrected chi connectivity index (χ1v) is 11.8. The molecular weight excluding hydrogens is 448 g/mol. The number of aryl methyl sites for hydroxylation is 2. The number of hydrogen-bond donors (Lipinski definition) is 0. The molecule has 0 bridgehead atoms. The molecule has 0 spiro atoms. The molecule has 5 rings (SSSR count). The first-order chi connectivity index (χ1) is 16.4. The van der Waals surface area contributed by atoms with Crippen LogP contribution in [0.25, 0.3) is 10.2 Å². The van der Waals surface area contributed by atoms with E-state index in [0.717, 1.165) is 31.9 Å². The standard InChI is InChI=1S/C26H22N4O3S/c1-16-9-10-17(2)24-23(16)28-26(34-24)29(15-19-7-3-4-13-27-19)25(33)18-6-5-8-20(14-18)30-21(31)11-12-22(30)32/h3-10,13-14H,11-12,15H2,1-2H3. The van der Waals surface area contributed by atoms with E-state index in [4.69, 9.17) is 4.98 Å². The lowest BCUT2D eigenvalue weighted by Gasteiger charge is -2.21. The molecule has 8 heteroatoms. The van der Waals surface area contributed by atoms with Gasteiger partial charge in [0.2, 0.25) is 11.8 Å². The number of amides is 3. The van der Waals surface area contributed by atoms with Gasteiger partial charge in [0.25, 0.3) is 5.91 Å². The van der Waals surface area contributed by atoms with E-state index in [-0.39, 0.29) is 37.1 Å². The number of hydrogen-bond acceptors (Lipinski definition) is 6. The van der Waals surface area contributed by atoms with E-state index in [1.54, 1.807) is 35.4 Å². The maximum Gasteiger partial charge on any atom is 0.260 e. The Bertz CT molecular complexity index is 1380. The molecule has 1 fully saturated rings. The van der Waals surface area contributed by atoms with Gasteiger partial charge in [0.05, 0.1) is 28.1 Å². The van der Waals surface area contributed by atoms with E-state index in [1.807, 2.05) is 38.1 Å². The molecule has 3 amide bonds. The quantitative estimate of drug-likeness (QED) is 0.391. The minimum absolute atomic E-state index is 0.188. The lowest BCUT2D eigenvalue weighted by Crippen LogP contribution is -2.32. The Labute approximate surface area is 200 Å². The number of carbonyl (C=O) groups is 3. The van der Waals surface area contributed by atoms with Crippen LogP contribution in [0.1, 0.15) is 40.0 Å². The Kier molecular flexibility index (Phi) is 5.67. The van der Waals surface area contributed by atoms with Crippen molar-refractivity contribution in [1.29, 1.82) is 0 Å². The third kappa shape index (κ3) is 3.97. The van der Waals surface area contributed by atoms with Crippen molar-refractivity contribution in [3.05, 3.63) is 83.2 Å². The average molecular weight is 471 g/mol. The van der Waals surface area contributed by atoms with Crippen LogP contribution in [0.4, 0.5) is 10.8 Å². The van der Waals surface area contributed by atoms with Gasteiger partial charge in [-0.3, -0.25) is 29.2 Å². The SMILES string of the molecule is Cc1ccc(C)c2sc(N(Cc3ccccn3)C(=O)c3cccc(N4C(=O)CCC4=O)c3)nc12. The number of rotatable bonds is 5. The van der Waals surface area contributed by atoms with Gasteiger partial charge in [-0.2, -0.15) is 0 Å². The van der Waals surface area contributed by atoms with Crippen molar-refractivity contribution in [2.24, 2.45) is 0 Å². The molecule has 0 saturated carbocycles. The predicted molar refractivity (Wildman–Crippen MR) is 132 cm³/mol. The second-order valence-electron chi connectivity index (χ2n) is 8.26. The van der Waals surface area contributed by atoms with Gasteiger partial charge < -0.3 is 0 Å². The zero-order valence-corrected chi connectivity index (χ0v) is 19.6. The van der Waals surface area contributed by atoms with Crippen LogP contribution in [0.5, 0.6) is 0 Å². The molecule has 0 radical (unpaired) electrons. The lowest BCUT2D eigenvalue weighted by atomic mass is 10.1. The van der Waals surface area contributed by atoms with Crippen LogP contribution in [0, 0.1) is 13.8 Å². The number of anilines is 2.